The lowest BCUT2D eigenvalue weighted by atomic mass is 10.1. The Morgan fingerprint density at radius 2 is 2.20 bits per heavy atom. The molecule has 0 heterocycles. The normalized spacial score (nSPS) is 21.7. The molecule has 0 aliphatic heterocycles. The summed E-state index contributed by atoms with van der Waals surface area (Å²) in [7, 11) is 1.64. The molecular weight excluding hydrogens is 254 g/mol. The van der Waals surface area contributed by atoms with Crippen LogP contribution in [-0.4, -0.2) is 30.8 Å². The van der Waals surface area contributed by atoms with Crippen LogP contribution in [0.1, 0.15) is 31.2 Å². The molecule has 2 N–H and O–H groups in total. The third kappa shape index (κ3) is 3.97. The smallest absolute Gasteiger partial charge is 0.220 e. The Labute approximate surface area is 120 Å². The Morgan fingerprint density at radius 1 is 1.40 bits per heavy atom. The predicted molar refractivity (Wildman–Crippen MR) is 77.7 cm³/mol. The lowest BCUT2D eigenvalue weighted by Gasteiger charge is -2.15. The lowest BCUT2D eigenvalue weighted by Crippen LogP contribution is -2.32. The summed E-state index contributed by atoms with van der Waals surface area (Å²) in [6.45, 7) is 0.589. The van der Waals surface area contributed by atoms with E-state index in [1.165, 1.54) is 0 Å². The Hall–Kier alpha value is -1.55. The first-order valence-electron chi connectivity index (χ1n) is 7.27. The van der Waals surface area contributed by atoms with Crippen LogP contribution in [-0.2, 0) is 11.2 Å². The van der Waals surface area contributed by atoms with Crippen molar-refractivity contribution in [3.05, 3.63) is 29.8 Å². The number of methoxy groups -OCH3 is 1. The van der Waals surface area contributed by atoms with Crippen molar-refractivity contribution in [1.29, 1.82) is 0 Å². The molecule has 2 unspecified atom stereocenters. The third-order valence-electron chi connectivity index (χ3n) is 3.99. The number of hydrogen-bond acceptors (Lipinski definition) is 3. The van der Waals surface area contributed by atoms with Crippen molar-refractivity contribution in [2.45, 2.75) is 38.2 Å². The summed E-state index contributed by atoms with van der Waals surface area (Å²) in [5.74, 6) is 1.09. The molecule has 0 radical (unpaired) electrons. The molecule has 1 aromatic rings. The van der Waals surface area contributed by atoms with Gasteiger partial charge in [0.15, 0.2) is 0 Å². The van der Waals surface area contributed by atoms with Gasteiger partial charge in [-0.15, -0.1) is 0 Å². The maximum absolute atomic E-state index is 11.8. The van der Waals surface area contributed by atoms with Crippen molar-refractivity contribution >= 4 is 5.91 Å². The van der Waals surface area contributed by atoms with E-state index in [1.54, 1.807) is 7.11 Å². The molecule has 1 aromatic carbocycles. The number of aliphatic hydroxyl groups is 1. The fourth-order valence-corrected chi connectivity index (χ4v) is 2.75. The largest absolute Gasteiger partial charge is 0.496 e. The van der Waals surface area contributed by atoms with Gasteiger partial charge in [-0.3, -0.25) is 4.79 Å². The van der Waals surface area contributed by atoms with Gasteiger partial charge >= 0.3 is 0 Å². The van der Waals surface area contributed by atoms with E-state index >= 15 is 0 Å². The second-order valence-corrected chi connectivity index (χ2v) is 5.37. The second-order valence-electron chi connectivity index (χ2n) is 5.37. The number of carbonyl (C=O) groups is 1. The van der Waals surface area contributed by atoms with Crippen molar-refractivity contribution < 1.29 is 14.6 Å². The minimum absolute atomic E-state index is 0.0370. The number of aliphatic hydroxyl groups excluding tert-OH is 1. The first-order valence-corrected chi connectivity index (χ1v) is 7.27. The summed E-state index contributed by atoms with van der Waals surface area (Å²) < 4.78 is 5.27. The minimum Gasteiger partial charge on any atom is -0.496 e. The molecule has 1 amide bonds. The molecule has 2 rings (SSSR count). The van der Waals surface area contributed by atoms with Crippen molar-refractivity contribution in [1.82, 2.24) is 5.32 Å². The fourth-order valence-electron chi connectivity index (χ4n) is 2.75. The van der Waals surface area contributed by atoms with Gasteiger partial charge in [-0.25, -0.2) is 0 Å². The molecule has 20 heavy (non-hydrogen) atoms. The number of amides is 1. The van der Waals surface area contributed by atoms with Gasteiger partial charge in [-0.2, -0.15) is 0 Å². The van der Waals surface area contributed by atoms with Crippen molar-refractivity contribution in [3.63, 3.8) is 0 Å². The number of nitrogens with one attached hydrogen (secondary N) is 1. The molecule has 0 saturated heterocycles. The monoisotopic (exact) mass is 277 g/mol. The second kappa shape index (κ2) is 7.29. The van der Waals surface area contributed by atoms with Crippen LogP contribution >= 0.6 is 0 Å². The Kier molecular flexibility index (Phi) is 5.41. The molecular formula is C16H23NO3. The number of hydrogen-bond donors (Lipinski definition) is 2. The van der Waals surface area contributed by atoms with Gasteiger partial charge in [0.1, 0.15) is 5.75 Å². The molecule has 4 heteroatoms. The number of para-hydroxylation sites is 1. The predicted octanol–water partition coefficient (Wildman–Crippen LogP) is 1.90. The number of carbonyl (C=O) groups excluding carboxylic acids is 1. The van der Waals surface area contributed by atoms with E-state index in [2.05, 4.69) is 5.32 Å². The van der Waals surface area contributed by atoms with Crippen LogP contribution in [0.4, 0.5) is 0 Å². The minimum atomic E-state index is -0.246. The van der Waals surface area contributed by atoms with Gasteiger partial charge in [0.2, 0.25) is 5.91 Å². The van der Waals surface area contributed by atoms with Crippen molar-refractivity contribution in [2.75, 3.05) is 13.7 Å². The van der Waals surface area contributed by atoms with Gasteiger partial charge in [-0.1, -0.05) is 24.6 Å². The van der Waals surface area contributed by atoms with Crippen LogP contribution in [0, 0.1) is 5.92 Å². The zero-order valence-corrected chi connectivity index (χ0v) is 12.0. The van der Waals surface area contributed by atoms with Crippen LogP contribution in [0.15, 0.2) is 24.3 Å². The average Bonchev–Trinajstić information content (AvgIpc) is 2.88. The first kappa shape index (κ1) is 14.9. The molecule has 4 nitrogen and oxygen atoms in total. The molecule has 2 atom stereocenters. The van der Waals surface area contributed by atoms with Gasteiger partial charge in [0.25, 0.3) is 0 Å². The van der Waals surface area contributed by atoms with Crippen LogP contribution in [0.2, 0.25) is 0 Å². The van der Waals surface area contributed by atoms with Gasteiger partial charge in [0.05, 0.1) is 13.2 Å². The maximum Gasteiger partial charge on any atom is 0.220 e. The number of rotatable bonds is 6. The Bertz CT molecular complexity index is 447. The molecule has 0 spiro atoms. The number of aryl methyl sites for hydroxylation is 1. The molecule has 0 bridgehead atoms. The van der Waals surface area contributed by atoms with Gasteiger partial charge in [-0.05, 0) is 30.9 Å². The first-order chi connectivity index (χ1) is 9.70. The highest BCUT2D eigenvalue weighted by Crippen LogP contribution is 2.24. The van der Waals surface area contributed by atoms with Crippen molar-refractivity contribution in [2.24, 2.45) is 5.92 Å². The highest BCUT2D eigenvalue weighted by atomic mass is 16.5. The van der Waals surface area contributed by atoms with Crippen molar-refractivity contribution in [3.8, 4) is 5.75 Å². The highest BCUT2D eigenvalue weighted by Gasteiger charge is 2.25. The average molecular weight is 277 g/mol. The number of benzene rings is 1. The third-order valence-corrected chi connectivity index (χ3v) is 3.99. The van der Waals surface area contributed by atoms with Crippen LogP contribution in [0.3, 0.4) is 0 Å². The summed E-state index contributed by atoms with van der Waals surface area (Å²) in [4.78, 5) is 11.8. The van der Waals surface area contributed by atoms with E-state index in [9.17, 15) is 9.90 Å². The van der Waals surface area contributed by atoms with E-state index in [-0.39, 0.29) is 17.9 Å². The molecule has 1 saturated carbocycles. The fraction of sp³-hybridized carbons (Fsp3) is 0.562. The van der Waals surface area contributed by atoms with Crippen LogP contribution in [0.25, 0.3) is 0 Å². The van der Waals surface area contributed by atoms with E-state index in [0.717, 1.165) is 30.6 Å². The summed E-state index contributed by atoms with van der Waals surface area (Å²) >= 11 is 0. The van der Waals surface area contributed by atoms with E-state index in [4.69, 9.17) is 4.74 Å². The van der Waals surface area contributed by atoms with E-state index in [0.29, 0.717) is 19.4 Å². The number of ether oxygens (including phenoxy) is 1. The quantitative estimate of drug-likeness (QED) is 0.835. The summed E-state index contributed by atoms with van der Waals surface area (Å²) in [6.07, 6.45) is 3.80. The Morgan fingerprint density at radius 3 is 2.90 bits per heavy atom. The standard InChI is InChI=1S/C16H23NO3/c1-20-15-8-3-2-5-12(15)9-10-16(19)17-11-13-6-4-7-14(13)18/h2-3,5,8,13-14,18H,4,6-7,9-11H2,1H3,(H,17,19). The van der Waals surface area contributed by atoms with E-state index in [1.807, 2.05) is 24.3 Å². The molecule has 0 aromatic heterocycles. The van der Waals surface area contributed by atoms with Crippen LogP contribution < -0.4 is 10.1 Å². The molecule has 1 fully saturated rings. The zero-order valence-electron chi connectivity index (χ0n) is 12.0. The molecule has 1 aliphatic carbocycles. The van der Waals surface area contributed by atoms with Gasteiger partial charge < -0.3 is 15.2 Å². The van der Waals surface area contributed by atoms with Gasteiger partial charge in [0, 0.05) is 18.9 Å². The van der Waals surface area contributed by atoms with Crippen LogP contribution in [0.5, 0.6) is 5.75 Å². The topological polar surface area (TPSA) is 58.6 Å². The maximum atomic E-state index is 11.8. The zero-order chi connectivity index (χ0) is 14.4. The SMILES string of the molecule is COc1ccccc1CCC(=O)NCC1CCCC1O. The van der Waals surface area contributed by atoms with E-state index < -0.39 is 0 Å². The lowest BCUT2D eigenvalue weighted by molar-refractivity contribution is -0.121. The highest BCUT2D eigenvalue weighted by molar-refractivity contribution is 5.76. The summed E-state index contributed by atoms with van der Waals surface area (Å²) in [5, 5.41) is 12.6. The summed E-state index contributed by atoms with van der Waals surface area (Å²) in [5.41, 5.74) is 1.05. The molecule has 110 valence electrons. The Balaban J connectivity index is 1.74. The molecule has 1 aliphatic rings. The summed E-state index contributed by atoms with van der Waals surface area (Å²) in [6, 6.07) is 7.75.